The van der Waals surface area contributed by atoms with Crippen molar-refractivity contribution in [1.29, 1.82) is 0 Å². The van der Waals surface area contributed by atoms with Crippen molar-refractivity contribution in [2.24, 2.45) is 0 Å². The molecular weight excluding hydrogens is 267 g/mol. The van der Waals surface area contributed by atoms with Crippen molar-refractivity contribution in [2.75, 3.05) is 13.2 Å². The van der Waals surface area contributed by atoms with Crippen molar-refractivity contribution in [3.63, 3.8) is 0 Å². The maximum absolute atomic E-state index is 14.3. The van der Waals surface area contributed by atoms with E-state index in [0.717, 1.165) is 4.90 Å². The number of nitrogens with zero attached hydrogens (tertiary/aromatic N) is 1. The molecule has 104 valence electrons. The Morgan fingerprint density at radius 1 is 1.61 bits per heavy atom. The highest BCUT2D eigenvalue weighted by Gasteiger charge is 2.58. The highest BCUT2D eigenvalue weighted by molar-refractivity contribution is 7.81. The van der Waals surface area contributed by atoms with Crippen LogP contribution < -0.4 is 5.32 Å². The number of alkyl halides is 1. The van der Waals surface area contributed by atoms with Crippen LogP contribution in [0.4, 0.5) is 9.18 Å². The second-order valence-corrected chi connectivity index (χ2v) is 5.01. The first-order chi connectivity index (χ1) is 8.37. The number of aliphatic hydroxyl groups is 3. The van der Waals surface area contributed by atoms with Crippen LogP contribution in [0.2, 0.25) is 0 Å². The standard InChI is InChI=1S/C9H15FN2O5S/c10-9(18)6(15)4(3-13)17-7(9)12-2-1-5(14)11-8(12)16/h4-7,13-15,18H,1-3H2,(H,11,16)/t4-,5?,6-,7?,9-/m1/s1. The van der Waals surface area contributed by atoms with Gasteiger partial charge in [-0.05, 0) is 0 Å². The molecule has 0 aromatic rings. The van der Waals surface area contributed by atoms with Gasteiger partial charge in [0.25, 0.3) is 0 Å². The Labute approximate surface area is 108 Å². The van der Waals surface area contributed by atoms with Crippen LogP contribution in [0.25, 0.3) is 0 Å². The van der Waals surface area contributed by atoms with Gasteiger partial charge in [-0.25, -0.2) is 9.18 Å². The van der Waals surface area contributed by atoms with Crippen molar-refractivity contribution >= 4 is 18.7 Å². The van der Waals surface area contributed by atoms with Gasteiger partial charge in [0.15, 0.2) is 6.23 Å². The van der Waals surface area contributed by atoms with E-state index in [1.807, 2.05) is 0 Å². The number of hydrogen-bond acceptors (Lipinski definition) is 6. The minimum atomic E-state index is -2.48. The minimum Gasteiger partial charge on any atom is -0.394 e. The molecule has 9 heteroatoms. The molecule has 2 saturated heterocycles. The van der Waals surface area contributed by atoms with Crippen molar-refractivity contribution in [3.8, 4) is 0 Å². The second kappa shape index (κ2) is 4.82. The van der Waals surface area contributed by atoms with Gasteiger partial charge in [-0.15, -0.1) is 12.6 Å². The number of amides is 2. The number of urea groups is 1. The highest BCUT2D eigenvalue weighted by Crippen LogP contribution is 2.40. The summed E-state index contributed by atoms with van der Waals surface area (Å²) >= 11 is 3.69. The normalized spacial score (nSPS) is 45.2. The lowest BCUT2D eigenvalue weighted by molar-refractivity contribution is -0.0840. The summed E-state index contributed by atoms with van der Waals surface area (Å²) in [5.41, 5.74) is 0. The molecule has 2 rings (SSSR count). The monoisotopic (exact) mass is 282 g/mol. The number of halogens is 1. The predicted molar refractivity (Wildman–Crippen MR) is 60.4 cm³/mol. The van der Waals surface area contributed by atoms with E-state index in [1.54, 1.807) is 0 Å². The van der Waals surface area contributed by atoms with E-state index in [1.165, 1.54) is 0 Å². The number of nitrogens with one attached hydrogen (secondary N) is 1. The van der Waals surface area contributed by atoms with Crippen molar-refractivity contribution in [2.45, 2.75) is 36.1 Å². The average Bonchev–Trinajstić information content (AvgIpc) is 2.52. The lowest BCUT2D eigenvalue weighted by atomic mass is 10.1. The maximum Gasteiger partial charge on any atom is 0.321 e. The van der Waals surface area contributed by atoms with Gasteiger partial charge < -0.3 is 25.4 Å². The molecule has 2 aliphatic rings. The first-order valence-electron chi connectivity index (χ1n) is 5.48. The zero-order valence-corrected chi connectivity index (χ0v) is 10.3. The fraction of sp³-hybridized carbons (Fsp3) is 0.889. The van der Waals surface area contributed by atoms with Gasteiger partial charge in [0, 0.05) is 13.0 Å². The second-order valence-electron chi connectivity index (χ2n) is 4.33. The average molecular weight is 282 g/mol. The smallest absolute Gasteiger partial charge is 0.321 e. The third kappa shape index (κ3) is 2.16. The fourth-order valence-corrected chi connectivity index (χ4v) is 2.43. The Hall–Kier alpha value is -0.610. The number of ether oxygens (including phenoxy) is 1. The lowest BCUT2D eigenvalue weighted by Crippen LogP contribution is -2.59. The molecule has 2 amide bonds. The first-order valence-corrected chi connectivity index (χ1v) is 5.93. The molecule has 4 N–H and O–H groups in total. The van der Waals surface area contributed by atoms with Crippen LogP contribution in [0.3, 0.4) is 0 Å². The van der Waals surface area contributed by atoms with E-state index in [0.29, 0.717) is 0 Å². The summed E-state index contributed by atoms with van der Waals surface area (Å²) in [4.78, 5) is 12.6. The van der Waals surface area contributed by atoms with Gasteiger partial charge in [-0.2, -0.15) is 0 Å². The van der Waals surface area contributed by atoms with E-state index < -0.39 is 42.3 Å². The van der Waals surface area contributed by atoms with Crippen molar-refractivity contribution in [1.82, 2.24) is 10.2 Å². The van der Waals surface area contributed by atoms with E-state index in [4.69, 9.17) is 9.84 Å². The quantitative estimate of drug-likeness (QED) is 0.392. The van der Waals surface area contributed by atoms with Crippen LogP contribution in [0.15, 0.2) is 0 Å². The fourth-order valence-electron chi connectivity index (χ4n) is 2.06. The summed E-state index contributed by atoms with van der Waals surface area (Å²) in [6.45, 7) is -0.517. The topological polar surface area (TPSA) is 102 Å². The summed E-state index contributed by atoms with van der Waals surface area (Å²) in [6, 6.07) is -0.708. The molecule has 2 aliphatic heterocycles. The lowest BCUT2D eigenvalue weighted by Gasteiger charge is -2.37. The van der Waals surface area contributed by atoms with Gasteiger partial charge in [-0.3, -0.25) is 4.90 Å². The molecule has 0 aromatic carbocycles. The van der Waals surface area contributed by atoms with Crippen molar-refractivity contribution < 1.29 is 29.2 Å². The molecule has 0 radical (unpaired) electrons. The van der Waals surface area contributed by atoms with Crippen molar-refractivity contribution in [3.05, 3.63) is 0 Å². The Kier molecular flexibility index (Phi) is 3.70. The largest absolute Gasteiger partial charge is 0.394 e. The molecule has 0 spiro atoms. The third-order valence-electron chi connectivity index (χ3n) is 3.07. The molecule has 0 aliphatic carbocycles. The summed E-state index contributed by atoms with van der Waals surface area (Å²) in [7, 11) is 0. The number of aliphatic hydroxyl groups excluding tert-OH is 3. The van der Waals surface area contributed by atoms with E-state index in [-0.39, 0.29) is 13.0 Å². The Balaban J connectivity index is 2.15. The molecular formula is C9H15FN2O5S. The molecule has 2 fully saturated rings. The summed E-state index contributed by atoms with van der Waals surface area (Å²) < 4.78 is 19.4. The van der Waals surface area contributed by atoms with E-state index in [9.17, 15) is 19.4 Å². The number of thiol groups is 1. The third-order valence-corrected chi connectivity index (χ3v) is 3.56. The predicted octanol–water partition coefficient (Wildman–Crippen LogP) is -1.61. The van der Waals surface area contributed by atoms with E-state index in [2.05, 4.69) is 17.9 Å². The van der Waals surface area contributed by atoms with E-state index >= 15 is 0 Å². The Bertz CT molecular complexity index is 345. The van der Waals surface area contributed by atoms with Crippen LogP contribution in [-0.2, 0) is 4.74 Å². The number of carbonyl (C=O) groups is 1. The number of hydrogen-bond donors (Lipinski definition) is 5. The van der Waals surface area contributed by atoms with Gasteiger partial charge in [0.05, 0.1) is 6.61 Å². The first kappa shape index (κ1) is 13.8. The van der Waals surface area contributed by atoms with Gasteiger partial charge in [0.1, 0.15) is 18.4 Å². The van der Waals surface area contributed by atoms with Gasteiger partial charge >= 0.3 is 6.03 Å². The molecule has 0 aromatic heterocycles. The van der Waals surface area contributed by atoms with Gasteiger partial charge in [0.2, 0.25) is 5.00 Å². The van der Waals surface area contributed by atoms with Crippen LogP contribution in [-0.4, -0.2) is 69.1 Å². The number of carbonyl (C=O) groups excluding carboxylic acids is 1. The molecule has 2 unspecified atom stereocenters. The summed E-state index contributed by atoms with van der Waals surface area (Å²) in [6.07, 6.45) is -4.98. The minimum absolute atomic E-state index is 0.0643. The molecule has 5 atom stereocenters. The summed E-state index contributed by atoms with van der Waals surface area (Å²) in [5.74, 6) is 0. The molecule has 7 nitrogen and oxygen atoms in total. The Morgan fingerprint density at radius 3 is 2.78 bits per heavy atom. The zero-order chi connectivity index (χ0) is 13.5. The molecule has 18 heavy (non-hydrogen) atoms. The van der Waals surface area contributed by atoms with Crippen LogP contribution >= 0.6 is 12.6 Å². The maximum atomic E-state index is 14.3. The zero-order valence-electron chi connectivity index (χ0n) is 9.36. The SMILES string of the molecule is O=C1NC(O)CCN1C1O[C@H](CO)[C@@H](O)[C@@]1(F)S. The molecule has 2 heterocycles. The molecule has 0 saturated carbocycles. The van der Waals surface area contributed by atoms with Crippen LogP contribution in [0, 0.1) is 0 Å². The highest BCUT2D eigenvalue weighted by atomic mass is 32.1. The summed E-state index contributed by atoms with van der Waals surface area (Å²) in [5, 5.41) is 27.5. The van der Waals surface area contributed by atoms with Crippen LogP contribution in [0.5, 0.6) is 0 Å². The Morgan fingerprint density at radius 2 is 2.28 bits per heavy atom. The molecule has 0 bridgehead atoms. The number of rotatable bonds is 2. The van der Waals surface area contributed by atoms with Crippen LogP contribution in [0.1, 0.15) is 6.42 Å². The van der Waals surface area contributed by atoms with Gasteiger partial charge in [-0.1, -0.05) is 0 Å².